The largest absolute Gasteiger partial charge is 0.507 e. The number of halogens is 2. The molecule has 5 nitrogen and oxygen atoms in total. The van der Waals surface area contributed by atoms with Crippen molar-refractivity contribution in [2.75, 3.05) is 6.61 Å². The molecule has 2 N–H and O–H groups in total. The summed E-state index contributed by atoms with van der Waals surface area (Å²) in [6, 6.07) is 7.03. The highest BCUT2D eigenvalue weighted by molar-refractivity contribution is 9.10. The molecule has 25 heavy (non-hydrogen) atoms. The third-order valence-electron chi connectivity index (χ3n) is 3.47. The van der Waals surface area contributed by atoms with Gasteiger partial charge in [0.25, 0.3) is 5.91 Å². The highest BCUT2D eigenvalue weighted by atomic mass is 79.9. The number of phenols is 1. The summed E-state index contributed by atoms with van der Waals surface area (Å²) in [5.74, 6) is 0.274. The molecule has 0 aliphatic heterocycles. The predicted molar refractivity (Wildman–Crippen MR) is 103 cm³/mol. The third kappa shape index (κ3) is 5.21. The number of hydrazone groups is 1. The Bertz CT molecular complexity index is 814. The van der Waals surface area contributed by atoms with Crippen LogP contribution in [0.15, 0.2) is 33.8 Å². The lowest BCUT2D eigenvalue weighted by Gasteiger charge is -2.09. The Labute approximate surface area is 159 Å². The van der Waals surface area contributed by atoms with Crippen molar-refractivity contribution in [3.63, 3.8) is 0 Å². The van der Waals surface area contributed by atoms with Gasteiger partial charge >= 0.3 is 0 Å². The summed E-state index contributed by atoms with van der Waals surface area (Å²) < 4.78 is 6.26. The van der Waals surface area contributed by atoms with E-state index in [4.69, 9.17) is 16.3 Å². The molecule has 2 rings (SSSR count). The molecule has 0 aromatic heterocycles. The van der Waals surface area contributed by atoms with Crippen LogP contribution < -0.4 is 10.2 Å². The number of amides is 1. The number of aromatic hydroxyl groups is 1. The van der Waals surface area contributed by atoms with Gasteiger partial charge in [0.05, 0.1) is 6.21 Å². The zero-order valence-electron chi connectivity index (χ0n) is 14.1. The number of rotatable bonds is 5. The highest BCUT2D eigenvalue weighted by Gasteiger charge is 2.07. The molecule has 0 bridgehead atoms. The Morgan fingerprint density at radius 3 is 2.52 bits per heavy atom. The fourth-order valence-corrected chi connectivity index (χ4v) is 2.90. The maximum atomic E-state index is 11.8. The molecule has 0 saturated carbocycles. The normalized spacial score (nSPS) is 10.9. The zero-order valence-corrected chi connectivity index (χ0v) is 16.4. The van der Waals surface area contributed by atoms with Gasteiger partial charge in [0.2, 0.25) is 0 Å². The number of ether oxygens (including phenoxy) is 1. The molecule has 0 aliphatic rings. The number of carbonyl (C=O) groups excluding carboxylic acids is 1. The smallest absolute Gasteiger partial charge is 0.277 e. The van der Waals surface area contributed by atoms with Crippen molar-refractivity contribution in [2.24, 2.45) is 5.10 Å². The first-order valence-electron chi connectivity index (χ1n) is 7.48. The van der Waals surface area contributed by atoms with Crippen molar-refractivity contribution < 1.29 is 14.6 Å². The molecule has 2 aromatic rings. The van der Waals surface area contributed by atoms with Gasteiger partial charge in [-0.3, -0.25) is 4.79 Å². The van der Waals surface area contributed by atoms with E-state index >= 15 is 0 Å². The molecular formula is C18H18BrClN2O3. The number of carbonyl (C=O) groups is 1. The van der Waals surface area contributed by atoms with Gasteiger partial charge in [-0.15, -0.1) is 0 Å². The summed E-state index contributed by atoms with van der Waals surface area (Å²) >= 11 is 9.44. The average molecular weight is 426 g/mol. The minimum Gasteiger partial charge on any atom is -0.507 e. The Hall–Kier alpha value is -2.05. The van der Waals surface area contributed by atoms with Crippen LogP contribution >= 0.6 is 27.5 Å². The van der Waals surface area contributed by atoms with Crippen molar-refractivity contribution in [2.45, 2.75) is 20.8 Å². The molecule has 0 spiro atoms. The van der Waals surface area contributed by atoms with Gasteiger partial charge in [0.15, 0.2) is 6.61 Å². The van der Waals surface area contributed by atoms with Gasteiger partial charge in [0, 0.05) is 15.1 Å². The number of hydrogen-bond donors (Lipinski definition) is 2. The van der Waals surface area contributed by atoms with E-state index in [1.165, 1.54) is 6.21 Å². The molecule has 0 heterocycles. The predicted octanol–water partition coefficient (Wildman–Crippen LogP) is 4.26. The van der Waals surface area contributed by atoms with E-state index in [1.54, 1.807) is 31.2 Å². The average Bonchev–Trinajstić information content (AvgIpc) is 2.54. The van der Waals surface area contributed by atoms with E-state index in [-0.39, 0.29) is 12.4 Å². The van der Waals surface area contributed by atoms with Gasteiger partial charge in [-0.2, -0.15) is 5.10 Å². The van der Waals surface area contributed by atoms with Gasteiger partial charge in [0.1, 0.15) is 11.5 Å². The summed E-state index contributed by atoms with van der Waals surface area (Å²) in [5.41, 5.74) is 5.34. The second-order valence-electron chi connectivity index (χ2n) is 5.61. The first-order chi connectivity index (χ1) is 11.8. The topological polar surface area (TPSA) is 70.9 Å². The lowest BCUT2D eigenvalue weighted by atomic mass is 10.1. The Morgan fingerprint density at radius 2 is 1.88 bits per heavy atom. The first-order valence-corrected chi connectivity index (χ1v) is 8.65. The Balaban J connectivity index is 1.93. The maximum Gasteiger partial charge on any atom is 0.277 e. The summed E-state index contributed by atoms with van der Waals surface area (Å²) in [5, 5.41) is 14.5. The molecule has 0 atom stereocenters. The fourth-order valence-electron chi connectivity index (χ4n) is 2.20. The minimum absolute atomic E-state index is 0.115. The molecule has 0 fully saturated rings. The summed E-state index contributed by atoms with van der Waals surface area (Å²) in [6.45, 7) is 5.35. The third-order valence-corrected chi connectivity index (χ3v) is 4.52. The van der Waals surface area contributed by atoms with E-state index in [1.807, 2.05) is 13.8 Å². The summed E-state index contributed by atoms with van der Waals surface area (Å²) in [6.07, 6.45) is 1.38. The van der Waals surface area contributed by atoms with E-state index in [0.29, 0.717) is 21.9 Å². The molecule has 2 aromatic carbocycles. The quantitative estimate of drug-likeness (QED) is 0.555. The van der Waals surface area contributed by atoms with Crippen LogP contribution in [0.3, 0.4) is 0 Å². The Morgan fingerprint density at radius 1 is 1.24 bits per heavy atom. The number of nitrogens with zero attached hydrogens (tertiary/aromatic N) is 1. The van der Waals surface area contributed by atoms with Crippen molar-refractivity contribution in [3.05, 3.63) is 56.0 Å². The molecular weight excluding hydrogens is 408 g/mol. The van der Waals surface area contributed by atoms with Crippen molar-refractivity contribution >= 4 is 39.7 Å². The minimum atomic E-state index is -0.410. The van der Waals surface area contributed by atoms with Crippen LogP contribution in [-0.4, -0.2) is 23.8 Å². The van der Waals surface area contributed by atoms with Crippen LogP contribution in [-0.2, 0) is 4.79 Å². The van der Waals surface area contributed by atoms with E-state index in [9.17, 15) is 9.90 Å². The standard InChI is InChI=1S/C18H18BrClN2O3/c1-10-5-15(6-11(2)17(10)20)25-9-16(23)22-21-8-13-7-14(19)4-12(3)18(13)24/h4-8,24H,9H2,1-3H3,(H,22,23)/b21-8+. The van der Waals surface area contributed by atoms with Crippen LogP contribution in [0.1, 0.15) is 22.3 Å². The summed E-state index contributed by atoms with van der Waals surface area (Å²) in [4.78, 5) is 11.8. The monoisotopic (exact) mass is 424 g/mol. The SMILES string of the molecule is Cc1cc(Br)cc(/C=N/NC(=O)COc2cc(C)c(Cl)c(C)c2)c1O. The highest BCUT2D eigenvalue weighted by Crippen LogP contribution is 2.26. The Kier molecular flexibility index (Phi) is 6.45. The van der Waals surface area contributed by atoms with Crippen LogP contribution in [0.5, 0.6) is 11.5 Å². The van der Waals surface area contributed by atoms with Crippen molar-refractivity contribution in [3.8, 4) is 11.5 Å². The summed E-state index contributed by atoms with van der Waals surface area (Å²) in [7, 11) is 0. The zero-order chi connectivity index (χ0) is 18.6. The number of phenolic OH excluding ortho intramolecular Hbond substituents is 1. The maximum absolute atomic E-state index is 11.8. The van der Waals surface area contributed by atoms with Crippen LogP contribution in [0.2, 0.25) is 5.02 Å². The van der Waals surface area contributed by atoms with Gasteiger partial charge in [-0.1, -0.05) is 27.5 Å². The number of benzene rings is 2. The molecule has 132 valence electrons. The number of aryl methyl sites for hydroxylation is 3. The second-order valence-corrected chi connectivity index (χ2v) is 6.91. The van der Waals surface area contributed by atoms with Crippen LogP contribution in [0.25, 0.3) is 0 Å². The fraction of sp³-hybridized carbons (Fsp3) is 0.222. The second kappa shape index (κ2) is 8.36. The number of nitrogens with one attached hydrogen (secondary N) is 1. The van der Waals surface area contributed by atoms with E-state index < -0.39 is 5.91 Å². The van der Waals surface area contributed by atoms with Crippen molar-refractivity contribution in [1.82, 2.24) is 5.43 Å². The van der Waals surface area contributed by atoms with E-state index in [0.717, 1.165) is 15.6 Å². The van der Waals surface area contributed by atoms with Gasteiger partial charge in [-0.05, 0) is 61.7 Å². The lowest BCUT2D eigenvalue weighted by molar-refractivity contribution is -0.123. The lowest BCUT2D eigenvalue weighted by Crippen LogP contribution is -2.24. The molecule has 0 saturated heterocycles. The van der Waals surface area contributed by atoms with Gasteiger partial charge < -0.3 is 9.84 Å². The van der Waals surface area contributed by atoms with E-state index in [2.05, 4.69) is 26.5 Å². The molecule has 7 heteroatoms. The van der Waals surface area contributed by atoms with Gasteiger partial charge in [-0.25, -0.2) is 5.43 Å². The van der Waals surface area contributed by atoms with Crippen molar-refractivity contribution in [1.29, 1.82) is 0 Å². The number of hydrogen-bond acceptors (Lipinski definition) is 4. The molecule has 0 unspecified atom stereocenters. The molecule has 1 amide bonds. The first kappa shape index (κ1) is 19.3. The molecule has 0 radical (unpaired) electrons. The van der Waals surface area contributed by atoms with Crippen LogP contribution in [0, 0.1) is 20.8 Å². The van der Waals surface area contributed by atoms with Crippen LogP contribution in [0.4, 0.5) is 0 Å². The molecule has 0 aliphatic carbocycles.